The Bertz CT molecular complexity index is 742. The molecule has 2 amide bonds. The molecule has 0 aliphatic carbocycles. The second-order valence-electron chi connectivity index (χ2n) is 6.19. The van der Waals surface area contributed by atoms with Crippen LogP contribution in [0.2, 0.25) is 0 Å². The Hall–Kier alpha value is -1.92. The first-order chi connectivity index (χ1) is 13.0. The molecule has 1 heterocycles. The molecule has 1 fully saturated rings. The van der Waals surface area contributed by atoms with Crippen LogP contribution in [-0.2, 0) is 9.30 Å². The van der Waals surface area contributed by atoms with E-state index in [1.54, 1.807) is 0 Å². The van der Waals surface area contributed by atoms with Crippen LogP contribution >= 0.6 is 7.60 Å². The fourth-order valence-electron chi connectivity index (χ4n) is 2.56. The molecule has 1 aromatic rings. The van der Waals surface area contributed by atoms with Crippen LogP contribution in [0, 0.1) is 0 Å². The molecule has 1 aliphatic heterocycles. The Kier molecular flexibility index (Phi) is 7.23. The molecule has 0 aromatic heterocycles. The van der Waals surface area contributed by atoms with Gasteiger partial charge in [-0.05, 0) is 18.6 Å². The SMILES string of the molecule is CNC(=O)Nc1ccc(O[C@H]2OC(CCP(=O)(O)O)[C@@H](O)C(O)C2O)cc1O. The lowest BCUT2D eigenvalue weighted by molar-refractivity contribution is -0.272. The molecule has 1 aromatic carbocycles. The van der Waals surface area contributed by atoms with Gasteiger partial charge in [-0.25, -0.2) is 4.79 Å². The van der Waals surface area contributed by atoms with Crippen molar-refractivity contribution >= 4 is 19.3 Å². The number of rotatable bonds is 6. The third-order valence-electron chi connectivity index (χ3n) is 4.07. The molecule has 0 radical (unpaired) electrons. The van der Waals surface area contributed by atoms with Crippen molar-refractivity contribution in [2.45, 2.75) is 37.1 Å². The van der Waals surface area contributed by atoms with E-state index in [-0.39, 0.29) is 23.6 Å². The normalized spacial score (nSPS) is 27.9. The molecule has 28 heavy (non-hydrogen) atoms. The number of benzene rings is 1. The average Bonchev–Trinajstić information content (AvgIpc) is 2.62. The van der Waals surface area contributed by atoms with Crippen LogP contribution in [-0.4, -0.2) is 80.2 Å². The van der Waals surface area contributed by atoms with Crippen LogP contribution in [0.5, 0.6) is 11.5 Å². The maximum Gasteiger partial charge on any atom is 0.325 e. The number of amides is 2. The molecule has 3 unspecified atom stereocenters. The van der Waals surface area contributed by atoms with Gasteiger partial charge in [0.15, 0.2) is 0 Å². The van der Waals surface area contributed by atoms with E-state index < -0.39 is 50.5 Å². The standard InChI is InChI=1S/C15H23N2O10P/c1-16-15(22)17-8-3-2-7(6-9(8)18)26-14-13(21)12(20)11(19)10(27-14)4-5-28(23,24)25/h2-3,6,10-14,18-21H,4-5H2,1H3,(H2,16,17,22)(H2,23,24,25)/t10?,11-,12?,13?,14+/m1/s1. The fourth-order valence-corrected chi connectivity index (χ4v) is 3.15. The number of hydrogen-bond donors (Lipinski definition) is 8. The van der Waals surface area contributed by atoms with Crippen LogP contribution in [0.4, 0.5) is 10.5 Å². The van der Waals surface area contributed by atoms with Crippen molar-refractivity contribution in [3.8, 4) is 11.5 Å². The van der Waals surface area contributed by atoms with Crippen molar-refractivity contribution in [2.75, 3.05) is 18.5 Å². The molecule has 1 saturated heterocycles. The van der Waals surface area contributed by atoms with Crippen molar-refractivity contribution in [1.29, 1.82) is 0 Å². The molecule has 158 valence electrons. The zero-order chi connectivity index (χ0) is 21.1. The van der Waals surface area contributed by atoms with Crippen molar-refractivity contribution in [1.82, 2.24) is 5.32 Å². The molecule has 0 spiro atoms. The number of phenols is 1. The van der Waals surface area contributed by atoms with E-state index in [2.05, 4.69) is 10.6 Å². The predicted molar refractivity (Wildman–Crippen MR) is 95.0 cm³/mol. The summed E-state index contributed by atoms with van der Waals surface area (Å²) in [7, 11) is -2.96. The zero-order valence-electron chi connectivity index (χ0n) is 14.8. The first-order valence-corrected chi connectivity index (χ1v) is 10.0. The first-order valence-electron chi connectivity index (χ1n) is 8.24. The van der Waals surface area contributed by atoms with Crippen molar-refractivity contribution in [3.63, 3.8) is 0 Å². The molecule has 0 bridgehead atoms. The van der Waals surface area contributed by atoms with E-state index in [4.69, 9.17) is 19.3 Å². The monoisotopic (exact) mass is 422 g/mol. The predicted octanol–water partition coefficient (Wildman–Crippen LogP) is -1.10. The van der Waals surface area contributed by atoms with Gasteiger partial charge < -0.3 is 50.3 Å². The summed E-state index contributed by atoms with van der Waals surface area (Å²) in [6, 6.07) is 3.25. The van der Waals surface area contributed by atoms with Gasteiger partial charge in [0, 0.05) is 13.1 Å². The largest absolute Gasteiger partial charge is 0.506 e. The van der Waals surface area contributed by atoms with E-state index in [0.29, 0.717) is 0 Å². The van der Waals surface area contributed by atoms with Gasteiger partial charge in [0.05, 0.1) is 18.0 Å². The van der Waals surface area contributed by atoms with Gasteiger partial charge in [-0.2, -0.15) is 0 Å². The summed E-state index contributed by atoms with van der Waals surface area (Å²) in [4.78, 5) is 29.2. The number of aliphatic hydroxyl groups is 3. The van der Waals surface area contributed by atoms with Gasteiger partial charge in [0.2, 0.25) is 6.29 Å². The number of anilines is 1. The smallest absolute Gasteiger partial charge is 0.325 e. The number of nitrogens with one attached hydrogen (secondary N) is 2. The van der Waals surface area contributed by atoms with Crippen molar-refractivity contribution in [2.24, 2.45) is 0 Å². The van der Waals surface area contributed by atoms with Crippen LogP contribution in [0.3, 0.4) is 0 Å². The molecule has 0 saturated carbocycles. The summed E-state index contributed by atoms with van der Waals surface area (Å²) in [5.74, 6) is -0.327. The van der Waals surface area contributed by atoms with Gasteiger partial charge in [0.1, 0.15) is 29.8 Å². The molecule has 2 rings (SSSR count). The first kappa shape index (κ1) is 22.4. The summed E-state index contributed by atoms with van der Waals surface area (Å²) < 4.78 is 21.8. The minimum absolute atomic E-state index is 0.0151. The lowest BCUT2D eigenvalue weighted by Gasteiger charge is -2.40. The summed E-state index contributed by atoms with van der Waals surface area (Å²) in [5.41, 5.74) is 0.0896. The average molecular weight is 422 g/mol. The van der Waals surface area contributed by atoms with E-state index in [0.717, 1.165) is 6.07 Å². The molecular weight excluding hydrogens is 399 g/mol. The van der Waals surface area contributed by atoms with Crippen LogP contribution in [0.1, 0.15) is 6.42 Å². The van der Waals surface area contributed by atoms with Gasteiger partial charge in [-0.1, -0.05) is 0 Å². The van der Waals surface area contributed by atoms with Gasteiger partial charge >= 0.3 is 13.6 Å². The number of phenolic OH excluding ortho intramolecular Hbond substituents is 1. The molecule has 12 nitrogen and oxygen atoms in total. The molecular formula is C15H23N2O10P. The van der Waals surface area contributed by atoms with E-state index in [1.807, 2.05) is 0 Å². The third-order valence-corrected chi connectivity index (χ3v) is 4.91. The number of carbonyl (C=O) groups is 1. The second kappa shape index (κ2) is 9.05. The number of urea groups is 1. The molecule has 13 heteroatoms. The van der Waals surface area contributed by atoms with E-state index >= 15 is 0 Å². The highest BCUT2D eigenvalue weighted by atomic mass is 31.2. The quantitative estimate of drug-likeness (QED) is 0.206. The van der Waals surface area contributed by atoms with Gasteiger partial charge in [-0.15, -0.1) is 0 Å². The number of carbonyl (C=O) groups excluding carboxylic acids is 1. The van der Waals surface area contributed by atoms with Crippen molar-refractivity contribution in [3.05, 3.63) is 18.2 Å². The van der Waals surface area contributed by atoms with Crippen LogP contribution < -0.4 is 15.4 Å². The number of ether oxygens (including phenoxy) is 2. The molecule has 8 N–H and O–H groups in total. The lowest BCUT2D eigenvalue weighted by atomic mass is 9.97. The maximum atomic E-state index is 11.3. The topological polar surface area (TPSA) is 198 Å². The highest BCUT2D eigenvalue weighted by Gasteiger charge is 2.45. The van der Waals surface area contributed by atoms with Crippen molar-refractivity contribution < 1.29 is 49.0 Å². The van der Waals surface area contributed by atoms with Crippen LogP contribution in [0.25, 0.3) is 0 Å². The number of aromatic hydroxyl groups is 1. The lowest BCUT2D eigenvalue weighted by Crippen LogP contribution is -2.59. The Balaban J connectivity index is 2.09. The minimum atomic E-state index is -4.36. The summed E-state index contributed by atoms with van der Waals surface area (Å²) >= 11 is 0. The van der Waals surface area contributed by atoms with Gasteiger partial charge in [-0.3, -0.25) is 4.57 Å². The van der Waals surface area contributed by atoms with E-state index in [1.165, 1.54) is 19.2 Å². The Morgan fingerprint density at radius 1 is 1.21 bits per heavy atom. The summed E-state index contributed by atoms with van der Waals surface area (Å²) in [5, 5.41) is 44.6. The minimum Gasteiger partial charge on any atom is -0.506 e. The third kappa shape index (κ3) is 5.79. The van der Waals surface area contributed by atoms with Gasteiger partial charge in [0.25, 0.3) is 0 Å². The van der Waals surface area contributed by atoms with Crippen LogP contribution in [0.15, 0.2) is 18.2 Å². The molecule has 1 aliphatic rings. The maximum absolute atomic E-state index is 11.3. The zero-order valence-corrected chi connectivity index (χ0v) is 15.7. The Labute approximate surface area is 159 Å². The summed E-state index contributed by atoms with van der Waals surface area (Å²) in [6.07, 6.45) is -8.46. The Morgan fingerprint density at radius 2 is 1.89 bits per heavy atom. The Morgan fingerprint density at radius 3 is 2.46 bits per heavy atom. The molecule has 5 atom stereocenters. The highest BCUT2D eigenvalue weighted by molar-refractivity contribution is 7.51. The highest BCUT2D eigenvalue weighted by Crippen LogP contribution is 2.37. The number of aliphatic hydroxyl groups excluding tert-OH is 3. The van der Waals surface area contributed by atoms with E-state index in [9.17, 15) is 29.8 Å². The summed E-state index contributed by atoms with van der Waals surface area (Å²) in [6.45, 7) is 0. The fraction of sp³-hybridized carbons (Fsp3) is 0.533. The second-order valence-corrected chi connectivity index (χ2v) is 7.97. The number of hydrogen-bond acceptors (Lipinski definition) is 8.